The summed E-state index contributed by atoms with van der Waals surface area (Å²) in [6.45, 7) is 2.38. The summed E-state index contributed by atoms with van der Waals surface area (Å²) in [7, 11) is 5.57. The van der Waals surface area contributed by atoms with Crippen LogP contribution in [0.25, 0.3) is 0 Å². The van der Waals surface area contributed by atoms with Gasteiger partial charge in [0, 0.05) is 6.42 Å². The Morgan fingerprint density at radius 3 is 1.90 bits per heavy atom. The van der Waals surface area contributed by atoms with Gasteiger partial charge in [0.25, 0.3) is 0 Å². The molecular weight excluding hydrogens is 378 g/mol. The predicted octanol–water partition coefficient (Wildman–Crippen LogP) is 4.91. The van der Waals surface area contributed by atoms with Gasteiger partial charge in [-0.05, 0) is 38.5 Å². The zero-order valence-corrected chi connectivity index (χ0v) is 19.6. The second-order valence-corrected chi connectivity index (χ2v) is 8.94. The number of carboxylic acids is 1. The molecule has 0 heterocycles. The fourth-order valence-corrected chi connectivity index (χ4v) is 3.25. The molecule has 0 spiro atoms. The summed E-state index contributed by atoms with van der Waals surface area (Å²) in [5, 5.41) is 19.5. The van der Waals surface area contributed by atoms with E-state index in [0.717, 1.165) is 12.8 Å². The van der Waals surface area contributed by atoms with E-state index in [0.29, 0.717) is 10.9 Å². The number of hydrogen-bond acceptors (Lipinski definition) is 3. The number of carbonyl (C=O) groups excluding carboxylic acids is 1. The van der Waals surface area contributed by atoms with Gasteiger partial charge in [-0.25, -0.2) is 0 Å². The number of carbonyl (C=O) groups is 2. The van der Waals surface area contributed by atoms with Gasteiger partial charge in [-0.15, -0.1) is 0 Å². The SMILES string of the molecule is CC/C=C/CCCCCCC/C=C/C=C/CCC(=O)C(C(=O)O)C(O)C[N+](C)(C)C. The van der Waals surface area contributed by atoms with Crippen LogP contribution in [0.15, 0.2) is 36.5 Å². The maximum atomic E-state index is 12.2. The maximum Gasteiger partial charge on any atom is 0.316 e. The number of carboxylic acid groups (broad SMARTS) is 1. The third kappa shape index (κ3) is 16.1. The highest BCUT2D eigenvalue weighted by Crippen LogP contribution is 2.13. The fraction of sp³-hybridized carbons (Fsp3) is 0.680. The minimum Gasteiger partial charge on any atom is -0.481 e. The summed E-state index contributed by atoms with van der Waals surface area (Å²) in [4.78, 5) is 23.7. The summed E-state index contributed by atoms with van der Waals surface area (Å²) in [5.41, 5.74) is 0. The van der Waals surface area contributed by atoms with Crippen LogP contribution in [0.3, 0.4) is 0 Å². The topological polar surface area (TPSA) is 74.6 Å². The Labute approximate surface area is 183 Å². The largest absolute Gasteiger partial charge is 0.481 e. The summed E-state index contributed by atoms with van der Waals surface area (Å²) in [5.74, 6) is -3.02. The summed E-state index contributed by atoms with van der Waals surface area (Å²) in [6.07, 6.45) is 21.5. The lowest BCUT2D eigenvalue weighted by atomic mass is 9.93. The van der Waals surface area contributed by atoms with Crippen LogP contribution in [-0.2, 0) is 9.59 Å². The first kappa shape index (κ1) is 28.3. The number of nitrogens with zero attached hydrogens (tertiary/aromatic N) is 1. The third-order valence-corrected chi connectivity index (χ3v) is 4.82. The molecule has 2 unspecified atom stereocenters. The Bertz CT molecular complexity index is 558. The predicted molar refractivity (Wildman–Crippen MR) is 124 cm³/mol. The number of rotatable bonds is 18. The van der Waals surface area contributed by atoms with Crippen molar-refractivity contribution in [1.29, 1.82) is 0 Å². The fourth-order valence-electron chi connectivity index (χ4n) is 3.25. The summed E-state index contributed by atoms with van der Waals surface area (Å²) < 4.78 is 0.402. The van der Waals surface area contributed by atoms with Crippen molar-refractivity contribution in [2.45, 2.75) is 77.2 Å². The second kappa shape index (κ2) is 17.0. The lowest BCUT2D eigenvalue weighted by Gasteiger charge is -2.28. The van der Waals surface area contributed by atoms with Gasteiger partial charge in [0.1, 0.15) is 24.3 Å². The number of aliphatic carboxylic acids is 1. The van der Waals surface area contributed by atoms with Gasteiger partial charge < -0.3 is 14.7 Å². The second-order valence-electron chi connectivity index (χ2n) is 8.94. The molecule has 2 N–H and O–H groups in total. The molecule has 5 nitrogen and oxygen atoms in total. The van der Waals surface area contributed by atoms with E-state index in [1.807, 2.05) is 39.4 Å². The Balaban J connectivity index is 3.97. The van der Waals surface area contributed by atoms with Gasteiger partial charge in [0.15, 0.2) is 0 Å². The molecule has 0 amide bonds. The molecule has 0 saturated carbocycles. The first-order valence-corrected chi connectivity index (χ1v) is 11.4. The van der Waals surface area contributed by atoms with E-state index in [1.54, 1.807) is 0 Å². The van der Waals surface area contributed by atoms with Gasteiger partial charge >= 0.3 is 5.97 Å². The quantitative estimate of drug-likeness (QED) is 0.108. The first-order chi connectivity index (χ1) is 14.2. The normalized spacial score (nSPS) is 14.7. The van der Waals surface area contributed by atoms with E-state index >= 15 is 0 Å². The molecule has 0 aliphatic rings. The molecular formula is C25H44NO4+. The van der Waals surface area contributed by atoms with Crippen LogP contribution in [0.1, 0.15) is 71.1 Å². The molecule has 0 fully saturated rings. The van der Waals surface area contributed by atoms with Crippen molar-refractivity contribution in [3.05, 3.63) is 36.5 Å². The molecule has 0 aromatic carbocycles. The van der Waals surface area contributed by atoms with Crippen LogP contribution in [0.4, 0.5) is 0 Å². The van der Waals surface area contributed by atoms with Gasteiger partial charge in [0.2, 0.25) is 0 Å². The number of ketones is 1. The number of allylic oxidation sites excluding steroid dienone is 6. The van der Waals surface area contributed by atoms with Gasteiger partial charge in [-0.3, -0.25) is 9.59 Å². The third-order valence-electron chi connectivity index (χ3n) is 4.82. The first-order valence-electron chi connectivity index (χ1n) is 11.4. The Morgan fingerprint density at radius 2 is 1.37 bits per heavy atom. The molecule has 0 aliphatic heterocycles. The molecule has 5 heteroatoms. The smallest absolute Gasteiger partial charge is 0.316 e. The van der Waals surface area contributed by atoms with Gasteiger partial charge in [-0.2, -0.15) is 0 Å². The number of quaternary nitrogens is 1. The van der Waals surface area contributed by atoms with Crippen LogP contribution >= 0.6 is 0 Å². The van der Waals surface area contributed by atoms with Crippen molar-refractivity contribution in [1.82, 2.24) is 0 Å². The molecule has 0 aromatic heterocycles. The molecule has 0 radical (unpaired) electrons. The number of likely N-dealkylation sites (N-methyl/N-ethyl adjacent to an activating group) is 1. The van der Waals surface area contributed by atoms with Crippen LogP contribution in [0.5, 0.6) is 0 Å². The van der Waals surface area contributed by atoms with E-state index in [9.17, 15) is 19.8 Å². The average molecular weight is 423 g/mol. The summed E-state index contributed by atoms with van der Waals surface area (Å²) >= 11 is 0. The highest BCUT2D eigenvalue weighted by Gasteiger charge is 2.35. The van der Waals surface area contributed by atoms with Crippen molar-refractivity contribution in [2.75, 3.05) is 27.7 Å². The zero-order chi connectivity index (χ0) is 22.8. The average Bonchev–Trinajstić information content (AvgIpc) is 2.63. The maximum absolute atomic E-state index is 12.2. The summed E-state index contributed by atoms with van der Waals surface area (Å²) in [6, 6.07) is 0. The van der Waals surface area contributed by atoms with E-state index in [1.165, 1.54) is 38.5 Å². The van der Waals surface area contributed by atoms with Crippen LogP contribution in [0.2, 0.25) is 0 Å². The van der Waals surface area contributed by atoms with Crippen molar-refractivity contribution in [3.63, 3.8) is 0 Å². The Morgan fingerprint density at radius 1 is 0.833 bits per heavy atom. The monoisotopic (exact) mass is 422 g/mol. The zero-order valence-electron chi connectivity index (χ0n) is 19.6. The van der Waals surface area contributed by atoms with Gasteiger partial charge in [-0.1, -0.05) is 62.6 Å². The van der Waals surface area contributed by atoms with Crippen LogP contribution < -0.4 is 0 Å². The number of aliphatic hydroxyl groups is 1. The van der Waals surface area contributed by atoms with Crippen molar-refractivity contribution < 1.29 is 24.3 Å². The molecule has 172 valence electrons. The van der Waals surface area contributed by atoms with Crippen molar-refractivity contribution >= 4 is 11.8 Å². The standard InChI is InChI=1S/C25H43NO4/c1-5-6-7-8-9-10-11-12-13-14-15-16-17-18-19-20-22(27)24(25(29)30)23(28)21-26(2,3)4/h6-7,15-18,23-24,28H,5,8-14,19-21H2,1-4H3/p+1/b7-6+,16-15+,18-17+. The number of Topliss-reactive ketones (excluding diaryl/α,β-unsaturated/α-hetero) is 1. The van der Waals surface area contributed by atoms with Crippen molar-refractivity contribution in [3.8, 4) is 0 Å². The van der Waals surface area contributed by atoms with E-state index in [4.69, 9.17) is 0 Å². The molecule has 30 heavy (non-hydrogen) atoms. The van der Waals surface area contributed by atoms with E-state index in [-0.39, 0.29) is 13.0 Å². The number of aliphatic hydroxyl groups excluding tert-OH is 1. The molecule has 0 aromatic rings. The molecule has 0 rings (SSSR count). The number of hydrogen-bond donors (Lipinski definition) is 2. The minimum atomic E-state index is -1.35. The molecule has 2 atom stereocenters. The number of unbranched alkanes of at least 4 members (excludes halogenated alkanes) is 6. The molecule has 0 aliphatic carbocycles. The highest BCUT2D eigenvalue weighted by atomic mass is 16.4. The van der Waals surface area contributed by atoms with Crippen LogP contribution in [0, 0.1) is 5.92 Å². The van der Waals surface area contributed by atoms with Crippen molar-refractivity contribution in [2.24, 2.45) is 5.92 Å². The lowest BCUT2D eigenvalue weighted by Crippen LogP contribution is -2.47. The van der Waals surface area contributed by atoms with E-state index in [2.05, 4.69) is 25.2 Å². The highest BCUT2D eigenvalue weighted by molar-refractivity contribution is 5.98. The Kier molecular flexibility index (Phi) is 16.0. The minimum absolute atomic E-state index is 0.128. The lowest BCUT2D eigenvalue weighted by molar-refractivity contribution is -0.873. The molecule has 0 bridgehead atoms. The Hall–Kier alpha value is -1.72. The van der Waals surface area contributed by atoms with Crippen LogP contribution in [-0.4, -0.2) is 60.2 Å². The molecule has 0 saturated heterocycles. The van der Waals surface area contributed by atoms with E-state index < -0.39 is 23.8 Å². The van der Waals surface area contributed by atoms with Gasteiger partial charge in [0.05, 0.1) is 21.1 Å².